The quantitative estimate of drug-likeness (QED) is 0.736. The van der Waals surface area contributed by atoms with E-state index in [9.17, 15) is 13.6 Å². The highest BCUT2D eigenvalue weighted by molar-refractivity contribution is 7.08. The van der Waals surface area contributed by atoms with Gasteiger partial charge in [0.15, 0.2) is 0 Å². The number of halogens is 2. The summed E-state index contributed by atoms with van der Waals surface area (Å²) >= 11 is 1.55. The lowest BCUT2D eigenvalue weighted by Gasteiger charge is -2.11. The molecule has 3 rings (SSSR count). The Morgan fingerprint density at radius 3 is 2.62 bits per heavy atom. The maximum Gasteiger partial charge on any atom is 0.319 e. The molecule has 2 heterocycles. The molecule has 0 bridgehead atoms. The third-order valence-electron chi connectivity index (χ3n) is 3.33. The summed E-state index contributed by atoms with van der Waals surface area (Å²) in [7, 11) is 0. The molecule has 2 N–H and O–H groups in total. The maximum atomic E-state index is 13.5. The number of anilines is 1. The third kappa shape index (κ3) is 3.57. The van der Waals surface area contributed by atoms with Gasteiger partial charge in [0, 0.05) is 23.7 Å². The minimum atomic E-state index is -0.828. The van der Waals surface area contributed by atoms with Gasteiger partial charge in [0.1, 0.15) is 17.3 Å². The normalized spacial score (nSPS) is 10.4. The molecule has 0 aliphatic heterocycles. The Labute approximate surface area is 141 Å². The number of nitrogens with zero attached hydrogens (tertiary/aromatic N) is 1. The fraction of sp³-hybridized carbons (Fsp3) is 0.0588. The van der Waals surface area contributed by atoms with Crippen LogP contribution < -0.4 is 10.6 Å². The Kier molecular flexibility index (Phi) is 4.81. The van der Waals surface area contributed by atoms with Crippen LogP contribution in [0.3, 0.4) is 0 Å². The zero-order valence-electron chi connectivity index (χ0n) is 12.4. The summed E-state index contributed by atoms with van der Waals surface area (Å²) in [4.78, 5) is 16.2. The number of carbonyl (C=O) groups excluding carboxylic acids is 1. The van der Waals surface area contributed by atoms with E-state index >= 15 is 0 Å². The highest BCUT2D eigenvalue weighted by Gasteiger charge is 2.12. The molecule has 122 valence electrons. The first-order valence-corrected chi connectivity index (χ1v) is 8.05. The van der Waals surface area contributed by atoms with Crippen molar-refractivity contribution in [2.45, 2.75) is 6.54 Å². The predicted octanol–water partition coefficient (Wildman–Crippen LogP) is 4.41. The summed E-state index contributed by atoms with van der Waals surface area (Å²) in [5.41, 5.74) is 2.05. The molecule has 0 saturated heterocycles. The van der Waals surface area contributed by atoms with E-state index in [0.29, 0.717) is 0 Å². The summed E-state index contributed by atoms with van der Waals surface area (Å²) in [6, 6.07) is 8.23. The molecule has 1 aromatic carbocycles. The van der Waals surface area contributed by atoms with Gasteiger partial charge in [-0.15, -0.1) is 0 Å². The van der Waals surface area contributed by atoms with E-state index in [0.717, 1.165) is 29.0 Å². The first-order chi connectivity index (χ1) is 11.6. The van der Waals surface area contributed by atoms with Crippen molar-refractivity contribution in [3.05, 3.63) is 70.6 Å². The largest absolute Gasteiger partial charge is 0.334 e. The smallest absolute Gasteiger partial charge is 0.319 e. The number of hydrogen-bond donors (Lipinski definition) is 2. The van der Waals surface area contributed by atoms with Crippen molar-refractivity contribution < 1.29 is 13.6 Å². The van der Waals surface area contributed by atoms with Crippen molar-refractivity contribution in [1.82, 2.24) is 10.3 Å². The minimum absolute atomic E-state index is 0.181. The Morgan fingerprint density at radius 1 is 1.12 bits per heavy atom. The first-order valence-electron chi connectivity index (χ1n) is 7.10. The molecule has 24 heavy (non-hydrogen) atoms. The van der Waals surface area contributed by atoms with E-state index in [2.05, 4.69) is 15.6 Å². The van der Waals surface area contributed by atoms with Crippen LogP contribution in [0.2, 0.25) is 0 Å². The highest BCUT2D eigenvalue weighted by atomic mass is 32.1. The molecule has 0 saturated carbocycles. The lowest BCUT2D eigenvalue weighted by atomic mass is 10.1. The van der Waals surface area contributed by atoms with Crippen LogP contribution in [0.5, 0.6) is 0 Å². The molecule has 7 heteroatoms. The number of amides is 2. The second-order valence-electron chi connectivity index (χ2n) is 4.93. The average Bonchev–Trinajstić information content (AvgIpc) is 3.11. The standard InChI is InChI=1S/C17H13F2N3OS/c18-13-4-1-5-14(19)16(13)22-17(23)21-9-11-3-2-7-20-15(11)12-6-8-24-10-12/h1-8,10H,9H2,(H2,21,22,23). The van der Waals surface area contributed by atoms with Crippen molar-refractivity contribution >= 4 is 23.1 Å². The number of nitrogens with one attached hydrogen (secondary N) is 2. The predicted molar refractivity (Wildman–Crippen MR) is 89.8 cm³/mol. The van der Waals surface area contributed by atoms with Crippen molar-refractivity contribution in [1.29, 1.82) is 0 Å². The number of hydrogen-bond acceptors (Lipinski definition) is 3. The van der Waals surface area contributed by atoms with Crippen LogP contribution in [0.25, 0.3) is 11.3 Å². The number of benzene rings is 1. The molecular formula is C17H13F2N3OS. The van der Waals surface area contributed by atoms with Crippen LogP contribution in [-0.4, -0.2) is 11.0 Å². The molecule has 2 aromatic heterocycles. The highest BCUT2D eigenvalue weighted by Crippen LogP contribution is 2.23. The Morgan fingerprint density at radius 2 is 1.92 bits per heavy atom. The Hall–Kier alpha value is -2.80. The molecule has 0 radical (unpaired) electrons. The molecule has 3 aromatic rings. The Balaban J connectivity index is 1.69. The summed E-state index contributed by atoms with van der Waals surface area (Å²) in [5, 5.41) is 8.67. The van der Waals surface area contributed by atoms with Crippen LogP contribution in [0.15, 0.2) is 53.4 Å². The van der Waals surface area contributed by atoms with Crippen LogP contribution in [0, 0.1) is 11.6 Å². The number of pyridine rings is 1. The van der Waals surface area contributed by atoms with E-state index < -0.39 is 23.4 Å². The van der Waals surface area contributed by atoms with Gasteiger partial charge in [0.05, 0.1) is 5.69 Å². The number of para-hydroxylation sites is 1. The van der Waals surface area contributed by atoms with Gasteiger partial charge in [-0.05, 0) is 35.2 Å². The summed E-state index contributed by atoms with van der Waals surface area (Å²) in [6.07, 6.45) is 1.67. The molecule has 2 amide bonds. The van der Waals surface area contributed by atoms with Crippen LogP contribution in [0.1, 0.15) is 5.56 Å². The number of thiophene rings is 1. The molecule has 0 fully saturated rings. The fourth-order valence-corrected chi connectivity index (χ4v) is 2.83. The van der Waals surface area contributed by atoms with E-state index in [1.54, 1.807) is 23.6 Å². The van der Waals surface area contributed by atoms with Crippen molar-refractivity contribution in [3.63, 3.8) is 0 Å². The number of rotatable bonds is 4. The SMILES string of the molecule is O=C(NCc1cccnc1-c1ccsc1)Nc1c(F)cccc1F. The van der Waals surface area contributed by atoms with E-state index in [1.165, 1.54) is 6.07 Å². The zero-order chi connectivity index (χ0) is 16.9. The third-order valence-corrected chi connectivity index (χ3v) is 4.01. The van der Waals surface area contributed by atoms with Gasteiger partial charge < -0.3 is 10.6 Å². The molecular weight excluding hydrogens is 332 g/mol. The van der Waals surface area contributed by atoms with Gasteiger partial charge in [0.25, 0.3) is 0 Å². The molecule has 0 spiro atoms. The molecule has 0 aliphatic carbocycles. The van der Waals surface area contributed by atoms with Crippen molar-refractivity contribution in [2.75, 3.05) is 5.32 Å². The summed E-state index contributed by atoms with van der Waals surface area (Å²) < 4.78 is 27.1. The lowest BCUT2D eigenvalue weighted by molar-refractivity contribution is 0.251. The van der Waals surface area contributed by atoms with Crippen LogP contribution in [-0.2, 0) is 6.54 Å². The van der Waals surface area contributed by atoms with Gasteiger partial charge in [-0.3, -0.25) is 4.98 Å². The summed E-state index contributed by atoms with van der Waals surface area (Å²) in [6.45, 7) is 0.181. The van der Waals surface area contributed by atoms with Crippen molar-refractivity contribution in [3.8, 4) is 11.3 Å². The topological polar surface area (TPSA) is 54.0 Å². The van der Waals surface area contributed by atoms with Gasteiger partial charge in [0.2, 0.25) is 0 Å². The van der Waals surface area contributed by atoms with Gasteiger partial charge >= 0.3 is 6.03 Å². The van der Waals surface area contributed by atoms with Crippen LogP contribution >= 0.6 is 11.3 Å². The number of aromatic nitrogens is 1. The molecule has 0 unspecified atom stereocenters. The van der Waals surface area contributed by atoms with E-state index in [4.69, 9.17) is 0 Å². The van der Waals surface area contributed by atoms with Gasteiger partial charge in [-0.2, -0.15) is 11.3 Å². The number of carbonyl (C=O) groups is 1. The van der Waals surface area contributed by atoms with E-state index in [-0.39, 0.29) is 6.54 Å². The summed E-state index contributed by atoms with van der Waals surface area (Å²) in [5.74, 6) is -1.66. The van der Waals surface area contributed by atoms with E-state index in [1.807, 2.05) is 22.9 Å². The monoisotopic (exact) mass is 345 g/mol. The molecule has 4 nitrogen and oxygen atoms in total. The zero-order valence-corrected chi connectivity index (χ0v) is 13.2. The number of urea groups is 1. The minimum Gasteiger partial charge on any atom is -0.334 e. The fourth-order valence-electron chi connectivity index (χ4n) is 2.19. The Bertz CT molecular complexity index is 833. The second kappa shape index (κ2) is 7.18. The molecule has 0 aliphatic rings. The van der Waals surface area contributed by atoms with Gasteiger partial charge in [-0.25, -0.2) is 13.6 Å². The second-order valence-corrected chi connectivity index (χ2v) is 5.71. The van der Waals surface area contributed by atoms with Crippen molar-refractivity contribution in [2.24, 2.45) is 0 Å². The maximum absolute atomic E-state index is 13.5. The average molecular weight is 345 g/mol. The first kappa shape index (κ1) is 16.1. The van der Waals surface area contributed by atoms with Crippen LogP contribution in [0.4, 0.5) is 19.3 Å². The molecule has 0 atom stereocenters. The lowest BCUT2D eigenvalue weighted by Crippen LogP contribution is -2.29. The van der Waals surface area contributed by atoms with Gasteiger partial charge in [-0.1, -0.05) is 12.1 Å².